The van der Waals surface area contributed by atoms with Gasteiger partial charge in [-0.3, -0.25) is 4.84 Å². The highest BCUT2D eigenvalue weighted by Crippen LogP contribution is 2.46. The summed E-state index contributed by atoms with van der Waals surface area (Å²) in [5, 5.41) is 1.68. The van der Waals surface area contributed by atoms with Crippen molar-refractivity contribution < 1.29 is 23.9 Å². The van der Waals surface area contributed by atoms with E-state index in [1.165, 1.54) is 5.56 Å². The fourth-order valence-electron chi connectivity index (χ4n) is 6.09. The molecule has 1 saturated carbocycles. The number of esters is 2. The van der Waals surface area contributed by atoms with Crippen LogP contribution in [-0.2, 0) is 29.3 Å². The van der Waals surface area contributed by atoms with Crippen LogP contribution < -0.4 is 0 Å². The zero-order valence-corrected chi connectivity index (χ0v) is 21.6. The van der Waals surface area contributed by atoms with E-state index < -0.39 is 17.2 Å². The molecule has 188 valence electrons. The summed E-state index contributed by atoms with van der Waals surface area (Å²) in [5.41, 5.74) is -0.343. The lowest BCUT2D eigenvalue weighted by Gasteiger charge is -2.44. The predicted molar refractivity (Wildman–Crippen MR) is 130 cm³/mol. The van der Waals surface area contributed by atoms with E-state index in [1.807, 2.05) is 26.8 Å². The van der Waals surface area contributed by atoms with E-state index in [2.05, 4.69) is 45.0 Å². The Labute approximate surface area is 204 Å². The van der Waals surface area contributed by atoms with Crippen LogP contribution >= 0.6 is 0 Å². The molecule has 2 heterocycles. The molecule has 0 radical (unpaired) electrons. The predicted octanol–water partition coefficient (Wildman–Crippen LogP) is 5.19. The molecule has 1 aromatic rings. The molecule has 0 spiro atoms. The van der Waals surface area contributed by atoms with Crippen molar-refractivity contribution in [1.29, 1.82) is 0 Å². The fraction of sp³-hybridized carbons (Fsp3) is 0.714. The number of hydrogen-bond acceptors (Lipinski definition) is 6. The molecule has 4 rings (SSSR count). The number of hydroxylamine groups is 2. The Bertz CT molecular complexity index is 892. The smallest absolute Gasteiger partial charge is 0.337 e. The molecule has 1 aromatic carbocycles. The molecule has 0 bridgehead atoms. The lowest BCUT2D eigenvalue weighted by Crippen LogP contribution is -2.48. The van der Waals surface area contributed by atoms with Crippen LogP contribution in [0.5, 0.6) is 0 Å². The molecule has 0 unspecified atom stereocenters. The van der Waals surface area contributed by atoms with Crippen molar-refractivity contribution in [3.8, 4) is 0 Å². The van der Waals surface area contributed by atoms with Crippen molar-refractivity contribution in [2.75, 3.05) is 6.54 Å². The molecule has 5 atom stereocenters. The third-order valence-electron chi connectivity index (χ3n) is 8.01. The average Bonchev–Trinajstić information content (AvgIpc) is 3.32. The van der Waals surface area contributed by atoms with E-state index in [9.17, 15) is 9.59 Å². The van der Waals surface area contributed by atoms with E-state index in [-0.39, 0.29) is 35.8 Å². The second-order valence-corrected chi connectivity index (χ2v) is 12.1. The first-order valence-corrected chi connectivity index (χ1v) is 12.9. The van der Waals surface area contributed by atoms with Crippen LogP contribution in [0, 0.1) is 11.8 Å². The van der Waals surface area contributed by atoms with E-state index in [0.29, 0.717) is 18.9 Å². The minimum absolute atomic E-state index is 0.124. The first-order valence-electron chi connectivity index (χ1n) is 12.9. The molecule has 34 heavy (non-hydrogen) atoms. The Hall–Kier alpha value is -1.92. The van der Waals surface area contributed by atoms with Gasteiger partial charge in [-0.25, -0.2) is 9.59 Å². The fourth-order valence-corrected chi connectivity index (χ4v) is 6.09. The highest BCUT2D eigenvalue weighted by Gasteiger charge is 2.59. The topological polar surface area (TPSA) is 65.1 Å². The maximum atomic E-state index is 13.4. The van der Waals surface area contributed by atoms with E-state index in [1.54, 1.807) is 5.06 Å². The summed E-state index contributed by atoms with van der Waals surface area (Å²) in [4.78, 5) is 32.5. The standard InChI is InChI=1S/C28H41NO5/c1-19-13-14-21(27(5,6)20-11-8-7-9-12-20)22(17-19)32-24(30)23-18-28(15-10-16-29(28)34-23)25(31)33-26(2,3)4/h7-9,11-12,19,21-23H,10,13-18H2,1-6H3/t19-,21-,22-,23-,28-/m1/s1. The summed E-state index contributed by atoms with van der Waals surface area (Å²) in [5.74, 6) is 0.0601. The number of carbonyl (C=O) groups is 2. The van der Waals surface area contributed by atoms with Crippen molar-refractivity contribution in [3.63, 3.8) is 0 Å². The maximum Gasteiger partial charge on any atom is 0.337 e. The number of carbonyl (C=O) groups excluding carboxylic acids is 2. The van der Waals surface area contributed by atoms with Gasteiger partial charge in [0.15, 0.2) is 6.10 Å². The van der Waals surface area contributed by atoms with Gasteiger partial charge in [-0.05, 0) is 63.4 Å². The number of ether oxygens (including phenoxy) is 2. The van der Waals surface area contributed by atoms with Crippen LogP contribution in [-0.4, -0.2) is 46.9 Å². The van der Waals surface area contributed by atoms with Gasteiger partial charge >= 0.3 is 11.9 Å². The van der Waals surface area contributed by atoms with Gasteiger partial charge in [-0.15, -0.1) is 0 Å². The maximum absolute atomic E-state index is 13.4. The van der Waals surface area contributed by atoms with Crippen LogP contribution in [0.3, 0.4) is 0 Å². The third kappa shape index (κ3) is 4.90. The van der Waals surface area contributed by atoms with Crippen LogP contribution in [0.4, 0.5) is 0 Å². The van der Waals surface area contributed by atoms with Gasteiger partial charge in [-0.2, -0.15) is 5.06 Å². The second-order valence-electron chi connectivity index (χ2n) is 12.1. The van der Waals surface area contributed by atoms with Crippen LogP contribution in [0.1, 0.15) is 85.6 Å². The highest BCUT2D eigenvalue weighted by atomic mass is 16.7. The van der Waals surface area contributed by atoms with Crippen LogP contribution in [0.25, 0.3) is 0 Å². The first kappa shape index (κ1) is 25.2. The molecule has 0 amide bonds. The molecule has 0 aromatic heterocycles. The summed E-state index contributed by atoms with van der Waals surface area (Å²) in [6.45, 7) is 12.9. The zero-order valence-electron chi connectivity index (χ0n) is 21.6. The number of nitrogens with zero attached hydrogens (tertiary/aromatic N) is 1. The zero-order chi connectivity index (χ0) is 24.7. The minimum atomic E-state index is -0.889. The SMILES string of the molecule is C[C@@H]1CC[C@@H](C(C)(C)c2ccccc2)[C@H](OC(=O)[C@H]2C[C@@]3(C(=O)OC(C)(C)C)CCCN3O2)C1. The molecule has 2 aliphatic heterocycles. The van der Waals surface area contributed by atoms with E-state index in [0.717, 1.165) is 25.7 Å². The normalized spacial score (nSPS) is 32.3. The quantitative estimate of drug-likeness (QED) is 0.551. The van der Waals surface area contributed by atoms with E-state index in [4.69, 9.17) is 14.3 Å². The Balaban J connectivity index is 1.49. The number of fused-ring (bicyclic) bond motifs is 1. The number of benzene rings is 1. The van der Waals surface area contributed by atoms with Crippen molar-refractivity contribution >= 4 is 11.9 Å². The molecule has 1 aliphatic carbocycles. The minimum Gasteiger partial charge on any atom is -0.460 e. The summed E-state index contributed by atoms with van der Waals surface area (Å²) >= 11 is 0. The van der Waals surface area contributed by atoms with Crippen molar-refractivity contribution in [2.45, 2.75) is 109 Å². The molecule has 0 N–H and O–H groups in total. The molecule has 2 saturated heterocycles. The van der Waals surface area contributed by atoms with Crippen molar-refractivity contribution in [2.24, 2.45) is 11.8 Å². The molecular weight excluding hydrogens is 430 g/mol. The first-order chi connectivity index (χ1) is 15.9. The van der Waals surface area contributed by atoms with Gasteiger partial charge in [-0.1, -0.05) is 57.5 Å². The Morgan fingerprint density at radius 1 is 1.09 bits per heavy atom. The van der Waals surface area contributed by atoms with Crippen molar-refractivity contribution in [3.05, 3.63) is 35.9 Å². The van der Waals surface area contributed by atoms with Gasteiger partial charge in [0.05, 0.1) is 0 Å². The highest BCUT2D eigenvalue weighted by molar-refractivity contribution is 5.84. The Morgan fingerprint density at radius 2 is 1.79 bits per heavy atom. The van der Waals surface area contributed by atoms with Crippen LogP contribution in [0.15, 0.2) is 30.3 Å². The summed E-state index contributed by atoms with van der Waals surface area (Å²) < 4.78 is 11.9. The van der Waals surface area contributed by atoms with Gasteiger partial charge in [0.2, 0.25) is 0 Å². The lowest BCUT2D eigenvalue weighted by molar-refractivity contribution is -0.209. The number of hydrogen-bond donors (Lipinski definition) is 0. The molecule has 6 heteroatoms. The summed E-state index contributed by atoms with van der Waals surface area (Å²) in [6.07, 6.45) is 3.80. The molecule has 6 nitrogen and oxygen atoms in total. The van der Waals surface area contributed by atoms with Gasteiger partial charge in [0, 0.05) is 18.9 Å². The second kappa shape index (κ2) is 9.27. The largest absolute Gasteiger partial charge is 0.460 e. The Kier molecular flexibility index (Phi) is 6.87. The molecule has 3 fully saturated rings. The third-order valence-corrected chi connectivity index (χ3v) is 8.01. The number of rotatable bonds is 5. The molecular formula is C28H41NO5. The molecule has 3 aliphatic rings. The van der Waals surface area contributed by atoms with Crippen molar-refractivity contribution in [1.82, 2.24) is 5.06 Å². The van der Waals surface area contributed by atoms with Crippen LogP contribution in [0.2, 0.25) is 0 Å². The average molecular weight is 472 g/mol. The van der Waals surface area contributed by atoms with Gasteiger partial charge in [0.25, 0.3) is 0 Å². The Morgan fingerprint density at radius 3 is 2.47 bits per heavy atom. The summed E-state index contributed by atoms with van der Waals surface area (Å²) in [7, 11) is 0. The lowest BCUT2D eigenvalue weighted by atomic mass is 9.64. The summed E-state index contributed by atoms with van der Waals surface area (Å²) in [6, 6.07) is 10.5. The van der Waals surface area contributed by atoms with Gasteiger partial charge < -0.3 is 9.47 Å². The monoisotopic (exact) mass is 471 g/mol. The van der Waals surface area contributed by atoms with Gasteiger partial charge in [0.1, 0.15) is 17.2 Å². The van der Waals surface area contributed by atoms with E-state index >= 15 is 0 Å².